The lowest BCUT2D eigenvalue weighted by Gasteiger charge is -2.14. The number of amides is 1. The summed E-state index contributed by atoms with van der Waals surface area (Å²) in [6.07, 6.45) is 3.70. The number of aryl methyl sites for hydroxylation is 1. The number of aromatic nitrogens is 3. The molecular weight excluding hydrogens is 252 g/mol. The van der Waals surface area contributed by atoms with Crippen LogP contribution in [0, 0.1) is 20.8 Å². The van der Waals surface area contributed by atoms with Gasteiger partial charge in [-0.25, -0.2) is 0 Å². The van der Waals surface area contributed by atoms with Gasteiger partial charge in [-0.15, -0.1) is 0 Å². The molecule has 0 bridgehead atoms. The summed E-state index contributed by atoms with van der Waals surface area (Å²) in [6, 6.07) is 3.64. The monoisotopic (exact) mass is 272 g/mol. The molecule has 5 heteroatoms. The summed E-state index contributed by atoms with van der Waals surface area (Å²) < 4.78 is 1.92. The van der Waals surface area contributed by atoms with Crippen LogP contribution in [-0.4, -0.2) is 20.7 Å². The standard InChI is InChI=1S/C15H20N4O/c1-10(19-13(4)11(2)12(3)18-19)8-15(20)17-14-6-5-7-16-9-14/h5-7,9-10H,8H2,1-4H3,(H,17,20)/t10-/m0/s1. The quantitative estimate of drug-likeness (QED) is 0.931. The first-order valence-corrected chi connectivity index (χ1v) is 6.71. The van der Waals surface area contributed by atoms with Crippen molar-refractivity contribution in [2.45, 2.75) is 40.2 Å². The summed E-state index contributed by atoms with van der Waals surface area (Å²) in [7, 11) is 0. The molecule has 0 spiro atoms. The molecule has 2 heterocycles. The minimum Gasteiger partial charge on any atom is -0.325 e. The molecule has 0 radical (unpaired) electrons. The van der Waals surface area contributed by atoms with Gasteiger partial charge in [-0.1, -0.05) is 0 Å². The maximum atomic E-state index is 12.0. The number of nitrogens with one attached hydrogen (secondary N) is 1. The SMILES string of the molecule is Cc1nn([C@@H](C)CC(=O)Nc2cccnc2)c(C)c1C. The van der Waals surface area contributed by atoms with Crippen molar-refractivity contribution in [3.05, 3.63) is 41.5 Å². The molecule has 0 aliphatic rings. The molecule has 1 atom stereocenters. The molecule has 0 saturated heterocycles. The van der Waals surface area contributed by atoms with Gasteiger partial charge in [0.2, 0.25) is 5.91 Å². The molecule has 20 heavy (non-hydrogen) atoms. The van der Waals surface area contributed by atoms with E-state index in [-0.39, 0.29) is 11.9 Å². The molecule has 1 N–H and O–H groups in total. The first kappa shape index (κ1) is 14.2. The van der Waals surface area contributed by atoms with E-state index in [1.807, 2.05) is 31.5 Å². The molecule has 1 amide bonds. The van der Waals surface area contributed by atoms with Crippen LogP contribution in [0.5, 0.6) is 0 Å². The van der Waals surface area contributed by atoms with E-state index in [1.165, 1.54) is 5.56 Å². The highest BCUT2D eigenvalue weighted by Gasteiger charge is 2.16. The number of carbonyl (C=O) groups is 1. The Balaban J connectivity index is 2.02. The van der Waals surface area contributed by atoms with Crippen molar-refractivity contribution in [1.82, 2.24) is 14.8 Å². The van der Waals surface area contributed by atoms with Crippen molar-refractivity contribution in [2.24, 2.45) is 0 Å². The second-order valence-corrected chi connectivity index (χ2v) is 5.08. The van der Waals surface area contributed by atoms with E-state index in [1.54, 1.807) is 18.5 Å². The number of anilines is 1. The van der Waals surface area contributed by atoms with Gasteiger partial charge in [-0.3, -0.25) is 14.5 Å². The first-order valence-electron chi connectivity index (χ1n) is 6.71. The van der Waals surface area contributed by atoms with Gasteiger partial charge in [0.1, 0.15) is 0 Å². The van der Waals surface area contributed by atoms with Crippen LogP contribution in [0.25, 0.3) is 0 Å². The average Bonchev–Trinajstić information content (AvgIpc) is 2.67. The second kappa shape index (κ2) is 5.86. The van der Waals surface area contributed by atoms with E-state index < -0.39 is 0 Å². The van der Waals surface area contributed by atoms with Crippen LogP contribution in [0.2, 0.25) is 0 Å². The van der Waals surface area contributed by atoms with Crippen molar-refractivity contribution >= 4 is 11.6 Å². The van der Waals surface area contributed by atoms with Gasteiger partial charge >= 0.3 is 0 Å². The van der Waals surface area contributed by atoms with Crippen LogP contribution in [0.4, 0.5) is 5.69 Å². The molecule has 0 aromatic carbocycles. The Morgan fingerprint density at radius 3 is 2.70 bits per heavy atom. The second-order valence-electron chi connectivity index (χ2n) is 5.08. The minimum absolute atomic E-state index is 0.0269. The Bertz CT molecular complexity index is 604. The Morgan fingerprint density at radius 1 is 1.40 bits per heavy atom. The Morgan fingerprint density at radius 2 is 2.15 bits per heavy atom. The van der Waals surface area contributed by atoms with Crippen molar-refractivity contribution in [3.63, 3.8) is 0 Å². The highest BCUT2D eigenvalue weighted by Crippen LogP contribution is 2.19. The van der Waals surface area contributed by atoms with E-state index in [9.17, 15) is 4.79 Å². The molecule has 0 fully saturated rings. The molecule has 0 aliphatic heterocycles. The highest BCUT2D eigenvalue weighted by atomic mass is 16.1. The zero-order valence-corrected chi connectivity index (χ0v) is 12.3. The number of pyridine rings is 1. The molecule has 2 aromatic rings. The fourth-order valence-electron chi connectivity index (χ4n) is 2.18. The molecule has 0 aliphatic carbocycles. The molecule has 2 aromatic heterocycles. The maximum absolute atomic E-state index is 12.0. The number of rotatable bonds is 4. The topological polar surface area (TPSA) is 59.8 Å². The zero-order chi connectivity index (χ0) is 14.7. The predicted octanol–water partition coefficient (Wildman–Crippen LogP) is 2.79. The van der Waals surface area contributed by atoms with Crippen molar-refractivity contribution in [2.75, 3.05) is 5.32 Å². The minimum atomic E-state index is -0.0318. The van der Waals surface area contributed by atoms with Crippen molar-refractivity contribution < 1.29 is 4.79 Å². The lowest BCUT2D eigenvalue weighted by Crippen LogP contribution is -2.19. The van der Waals surface area contributed by atoms with Gasteiger partial charge in [-0.2, -0.15) is 5.10 Å². The summed E-state index contributed by atoms with van der Waals surface area (Å²) in [5, 5.41) is 7.34. The summed E-state index contributed by atoms with van der Waals surface area (Å²) >= 11 is 0. The van der Waals surface area contributed by atoms with Crippen molar-refractivity contribution in [1.29, 1.82) is 0 Å². The Hall–Kier alpha value is -2.17. The summed E-state index contributed by atoms with van der Waals surface area (Å²) in [6.45, 7) is 8.07. The first-order chi connectivity index (χ1) is 9.49. The third-order valence-electron chi connectivity index (χ3n) is 3.53. The molecule has 5 nitrogen and oxygen atoms in total. The number of hydrogen-bond donors (Lipinski definition) is 1. The van der Waals surface area contributed by atoms with Gasteiger partial charge in [0, 0.05) is 18.3 Å². The van der Waals surface area contributed by atoms with Gasteiger partial charge in [-0.05, 0) is 45.4 Å². The fraction of sp³-hybridized carbons (Fsp3) is 0.400. The largest absolute Gasteiger partial charge is 0.325 e. The van der Waals surface area contributed by atoms with E-state index in [0.29, 0.717) is 12.1 Å². The fourth-order valence-corrected chi connectivity index (χ4v) is 2.18. The van der Waals surface area contributed by atoms with E-state index >= 15 is 0 Å². The van der Waals surface area contributed by atoms with Gasteiger partial charge in [0.05, 0.1) is 23.6 Å². The summed E-state index contributed by atoms with van der Waals surface area (Å²) in [5.74, 6) is -0.0318. The van der Waals surface area contributed by atoms with Gasteiger partial charge in [0.25, 0.3) is 0 Å². The molecule has 2 rings (SSSR count). The third kappa shape index (κ3) is 3.04. The van der Waals surface area contributed by atoms with Crippen LogP contribution in [-0.2, 0) is 4.79 Å². The van der Waals surface area contributed by atoms with E-state index in [2.05, 4.69) is 22.3 Å². The molecule has 0 unspecified atom stereocenters. The van der Waals surface area contributed by atoms with Crippen LogP contribution in [0.15, 0.2) is 24.5 Å². The van der Waals surface area contributed by atoms with Crippen LogP contribution in [0.1, 0.15) is 36.3 Å². The summed E-state index contributed by atoms with van der Waals surface area (Å²) in [4.78, 5) is 16.0. The number of hydrogen-bond acceptors (Lipinski definition) is 3. The molecule has 106 valence electrons. The molecule has 0 saturated carbocycles. The average molecular weight is 272 g/mol. The Labute approximate surface area is 119 Å². The van der Waals surface area contributed by atoms with Crippen molar-refractivity contribution in [3.8, 4) is 0 Å². The van der Waals surface area contributed by atoms with Gasteiger partial charge < -0.3 is 5.32 Å². The number of nitrogens with zero attached hydrogens (tertiary/aromatic N) is 3. The highest BCUT2D eigenvalue weighted by molar-refractivity contribution is 5.90. The maximum Gasteiger partial charge on any atom is 0.226 e. The third-order valence-corrected chi connectivity index (χ3v) is 3.53. The predicted molar refractivity (Wildman–Crippen MR) is 78.6 cm³/mol. The Kier molecular flexibility index (Phi) is 4.17. The van der Waals surface area contributed by atoms with Crippen LogP contribution in [0.3, 0.4) is 0 Å². The normalized spacial score (nSPS) is 12.2. The summed E-state index contributed by atoms with van der Waals surface area (Å²) in [5.41, 5.74) is 4.03. The lowest BCUT2D eigenvalue weighted by atomic mass is 10.2. The van der Waals surface area contributed by atoms with E-state index in [4.69, 9.17) is 0 Å². The smallest absolute Gasteiger partial charge is 0.226 e. The van der Waals surface area contributed by atoms with Crippen LogP contribution >= 0.6 is 0 Å². The number of carbonyl (C=O) groups excluding carboxylic acids is 1. The molecular formula is C15H20N4O. The lowest BCUT2D eigenvalue weighted by molar-refractivity contribution is -0.116. The van der Waals surface area contributed by atoms with Crippen LogP contribution < -0.4 is 5.32 Å². The van der Waals surface area contributed by atoms with E-state index in [0.717, 1.165) is 11.4 Å². The zero-order valence-electron chi connectivity index (χ0n) is 12.3. The van der Waals surface area contributed by atoms with Gasteiger partial charge in [0.15, 0.2) is 0 Å².